The molecule has 1 fully saturated rings. The van der Waals surface area contributed by atoms with E-state index >= 15 is 0 Å². The van der Waals surface area contributed by atoms with Crippen LogP contribution in [0.3, 0.4) is 0 Å². The number of rotatable bonds is 2. The zero-order valence-corrected chi connectivity index (χ0v) is 9.81. The summed E-state index contributed by atoms with van der Waals surface area (Å²) >= 11 is 0. The van der Waals surface area contributed by atoms with Crippen molar-refractivity contribution in [1.29, 1.82) is 0 Å². The summed E-state index contributed by atoms with van der Waals surface area (Å²) in [5, 5.41) is 0. The number of hydrogen-bond acceptors (Lipinski definition) is 2. The highest BCUT2D eigenvalue weighted by atomic mass is 16.2. The molecule has 0 spiro atoms. The molecule has 3 heteroatoms. The Kier molecular flexibility index (Phi) is 2.72. The Balaban J connectivity index is 2.01. The van der Waals surface area contributed by atoms with Crippen molar-refractivity contribution in [2.75, 3.05) is 13.1 Å². The molecule has 1 heterocycles. The molecule has 86 valence electrons. The van der Waals surface area contributed by atoms with Crippen molar-refractivity contribution in [1.82, 2.24) is 4.90 Å². The number of carbonyl (C=O) groups is 1. The minimum atomic E-state index is -0.188. The molecule has 1 aliphatic rings. The number of hydrogen-bond donors (Lipinski definition) is 1. The standard InChI is InChI=1S/C13H18N2O/c1-10(11-6-4-3-5-7-11)12(16)15-8-13(2,14)9-15/h3-7,10H,8-9,14H2,1-2H3. The summed E-state index contributed by atoms with van der Waals surface area (Å²) < 4.78 is 0. The molecule has 1 saturated heterocycles. The first-order valence-electron chi connectivity index (χ1n) is 5.62. The molecular formula is C13H18N2O. The minimum Gasteiger partial charge on any atom is -0.338 e. The molecule has 1 aromatic rings. The van der Waals surface area contributed by atoms with Crippen LogP contribution in [-0.2, 0) is 4.79 Å². The Hall–Kier alpha value is -1.35. The maximum absolute atomic E-state index is 12.1. The molecule has 0 bridgehead atoms. The van der Waals surface area contributed by atoms with Crippen LogP contribution in [-0.4, -0.2) is 29.4 Å². The van der Waals surface area contributed by atoms with E-state index in [-0.39, 0.29) is 17.4 Å². The van der Waals surface area contributed by atoms with E-state index in [2.05, 4.69) is 0 Å². The van der Waals surface area contributed by atoms with Gasteiger partial charge in [0.05, 0.1) is 5.92 Å². The van der Waals surface area contributed by atoms with Crippen molar-refractivity contribution in [3.8, 4) is 0 Å². The SMILES string of the molecule is CC(C(=O)N1CC(C)(N)C1)c1ccccc1. The molecule has 0 aromatic heterocycles. The molecule has 2 rings (SSSR count). The number of nitrogens with two attached hydrogens (primary N) is 1. The van der Waals surface area contributed by atoms with E-state index in [1.165, 1.54) is 0 Å². The van der Waals surface area contributed by atoms with Crippen LogP contribution in [0.25, 0.3) is 0 Å². The van der Waals surface area contributed by atoms with E-state index in [1.807, 2.05) is 49.1 Å². The van der Waals surface area contributed by atoms with Gasteiger partial charge in [0.1, 0.15) is 0 Å². The smallest absolute Gasteiger partial charge is 0.229 e. The first kappa shape index (κ1) is 11.1. The zero-order chi connectivity index (χ0) is 11.8. The van der Waals surface area contributed by atoms with Crippen molar-refractivity contribution in [2.45, 2.75) is 25.3 Å². The highest BCUT2D eigenvalue weighted by Crippen LogP contribution is 2.24. The van der Waals surface area contributed by atoms with Gasteiger partial charge in [-0.05, 0) is 19.4 Å². The van der Waals surface area contributed by atoms with E-state index in [0.717, 1.165) is 5.56 Å². The van der Waals surface area contributed by atoms with Crippen LogP contribution in [0.1, 0.15) is 25.3 Å². The van der Waals surface area contributed by atoms with Gasteiger partial charge in [0.25, 0.3) is 0 Å². The monoisotopic (exact) mass is 218 g/mol. The lowest BCUT2D eigenvalue weighted by molar-refractivity contribution is -0.139. The third kappa shape index (κ3) is 2.09. The molecule has 1 unspecified atom stereocenters. The van der Waals surface area contributed by atoms with Gasteiger partial charge in [-0.1, -0.05) is 30.3 Å². The van der Waals surface area contributed by atoms with Crippen LogP contribution in [0.2, 0.25) is 0 Å². The van der Waals surface area contributed by atoms with Gasteiger partial charge in [0.15, 0.2) is 0 Å². The molecule has 1 atom stereocenters. The molecule has 1 aromatic carbocycles. The Labute approximate surface area is 96.2 Å². The van der Waals surface area contributed by atoms with Crippen molar-refractivity contribution in [3.63, 3.8) is 0 Å². The molecule has 1 amide bonds. The van der Waals surface area contributed by atoms with Crippen LogP contribution in [0, 0.1) is 0 Å². The van der Waals surface area contributed by atoms with Gasteiger partial charge in [-0.15, -0.1) is 0 Å². The van der Waals surface area contributed by atoms with Crippen LogP contribution < -0.4 is 5.73 Å². The van der Waals surface area contributed by atoms with Crippen molar-refractivity contribution >= 4 is 5.91 Å². The lowest BCUT2D eigenvalue weighted by Crippen LogP contribution is -2.67. The quantitative estimate of drug-likeness (QED) is 0.814. The Morgan fingerprint density at radius 2 is 1.94 bits per heavy atom. The lowest BCUT2D eigenvalue weighted by atomic mass is 9.90. The topological polar surface area (TPSA) is 46.3 Å². The Bertz CT molecular complexity index is 378. The number of likely N-dealkylation sites (tertiary alicyclic amines) is 1. The lowest BCUT2D eigenvalue weighted by Gasteiger charge is -2.46. The number of carbonyl (C=O) groups excluding carboxylic acids is 1. The van der Waals surface area contributed by atoms with Gasteiger partial charge in [-0.2, -0.15) is 0 Å². The fourth-order valence-corrected chi connectivity index (χ4v) is 2.14. The van der Waals surface area contributed by atoms with Crippen LogP contribution in [0.15, 0.2) is 30.3 Å². The van der Waals surface area contributed by atoms with Crippen LogP contribution >= 0.6 is 0 Å². The molecule has 0 aliphatic carbocycles. The summed E-state index contributed by atoms with van der Waals surface area (Å²) in [5.41, 5.74) is 6.77. The fourth-order valence-electron chi connectivity index (χ4n) is 2.14. The first-order valence-corrected chi connectivity index (χ1v) is 5.62. The summed E-state index contributed by atoms with van der Waals surface area (Å²) in [6, 6.07) is 9.86. The largest absolute Gasteiger partial charge is 0.338 e. The first-order chi connectivity index (χ1) is 7.49. The van der Waals surface area contributed by atoms with Crippen molar-refractivity contribution in [2.24, 2.45) is 5.73 Å². The van der Waals surface area contributed by atoms with Crippen LogP contribution in [0.5, 0.6) is 0 Å². The molecule has 2 N–H and O–H groups in total. The summed E-state index contributed by atoms with van der Waals surface area (Å²) in [5.74, 6) is 0.103. The molecule has 0 saturated carbocycles. The zero-order valence-electron chi connectivity index (χ0n) is 9.81. The summed E-state index contributed by atoms with van der Waals surface area (Å²) in [4.78, 5) is 13.9. The maximum Gasteiger partial charge on any atom is 0.229 e. The highest BCUT2D eigenvalue weighted by molar-refractivity contribution is 5.84. The normalized spacial score (nSPS) is 20.1. The van der Waals surface area contributed by atoms with Crippen molar-refractivity contribution in [3.05, 3.63) is 35.9 Å². The van der Waals surface area contributed by atoms with Gasteiger partial charge in [0.2, 0.25) is 5.91 Å². The molecule has 0 radical (unpaired) electrons. The summed E-state index contributed by atoms with van der Waals surface area (Å²) in [7, 11) is 0. The second-order valence-corrected chi connectivity index (χ2v) is 4.98. The van der Waals surface area contributed by atoms with Gasteiger partial charge in [-0.3, -0.25) is 4.79 Å². The molecule has 16 heavy (non-hydrogen) atoms. The number of amides is 1. The van der Waals surface area contributed by atoms with Gasteiger partial charge >= 0.3 is 0 Å². The van der Waals surface area contributed by atoms with E-state index < -0.39 is 0 Å². The predicted molar refractivity (Wildman–Crippen MR) is 64.0 cm³/mol. The number of benzene rings is 1. The minimum absolute atomic E-state index is 0.0719. The second-order valence-electron chi connectivity index (χ2n) is 4.98. The van der Waals surface area contributed by atoms with Gasteiger partial charge < -0.3 is 10.6 Å². The Morgan fingerprint density at radius 3 is 2.44 bits per heavy atom. The van der Waals surface area contributed by atoms with Crippen molar-refractivity contribution < 1.29 is 4.79 Å². The molecular weight excluding hydrogens is 200 g/mol. The molecule has 1 aliphatic heterocycles. The average Bonchev–Trinajstić information content (AvgIpc) is 2.25. The fraction of sp³-hybridized carbons (Fsp3) is 0.462. The number of nitrogens with zero attached hydrogens (tertiary/aromatic N) is 1. The second kappa shape index (κ2) is 3.91. The van der Waals surface area contributed by atoms with E-state index in [0.29, 0.717) is 13.1 Å². The van der Waals surface area contributed by atoms with E-state index in [9.17, 15) is 4.79 Å². The van der Waals surface area contributed by atoms with Crippen LogP contribution in [0.4, 0.5) is 0 Å². The summed E-state index contributed by atoms with van der Waals surface area (Å²) in [6.45, 7) is 5.26. The maximum atomic E-state index is 12.1. The predicted octanol–water partition coefficient (Wildman–Crippen LogP) is 1.35. The molecule has 3 nitrogen and oxygen atoms in total. The van der Waals surface area contributed by atoms with Gasteiger partial charge in [0, 0.05) is 18.6 Å². The summed E-state index contributed by atoms with van der Waals surface area (Å²) in [6.07, 6.45) is 0. The van der Waals surface area contributed by atoms with E-state index in [4.69, 9.17) is 5.73 Å². The third-order valence-corrected chi connectivity index (χ3v) is 3.09. The highest BCUT2D eigenvalue weighted by Gasteiger charge is 2.39. The Morgan fingerprint density at radius 1 is 1.38 bits per heavy atom. The third-order valence-electron chi connectivity index (χ3n) is 3.09. The van der Waals surface area contributed by atoms with E-state index in [1.54, 1.807) is 0 Å². The average molecular weight is 218 g/mol. The van der Waals surface area contributed by atoms with Gasteiger partial charge in [-0.25, -0.2) is 0 Å².